The molecule has 2 fully saturated rings. The zero-order valence-electron chi connectivity index (χ0n) is 15.2. The quantitative estimate of drug-likeness (QED) is 0.651. The average molecular weight is 469 g/mol. The number of hydrogen-bond donors (Lipinski definition) is 2. The van der Waals surface area contributed by atoms with Crippen LogP contribution in [0.25, 0.3) is 0 Å². The summed E-state index contributed by atoms with van der Waals surface area (Å²) in [6.07, 6.45) is 7.85. The van der Waals surface area contributed by atoms with E-state index in [0.29, 0.717) is 19.1 Å². The Morgan fingerprint density at radius 1 is 1.12 bits per heavy atom. The van der Waals surface area contributed by atoms with E-state index in [-0.39, 0.29) is 17.7 Å². The van der Waals surface area contributed by atoms with E-state index >= 15 is 0 Å². The first-order chi connectivity index (χ1) is 12.6. The lowest BCUT2D eigenvalue weighted by Gasteiger charge is -2.33. The minimum absolute atomic E-state index is 0.0103. The highest BCUT2D eigenvalue weighted by Gasteiger charge is 2.28. The molecule has 1 aromatic carbocycles. The molecule has 1 aliphatic carbocycles. The summed E-state index contributed by atoms with van der Waals surface area (Å²) in [7, 11) is 0. The molecule has 1 saturated heterocycles. The van der Waals surface area contributed by atoms with E-state index in [1.807, 2.05) is 24.3 Å². The monoisotopic (exact) mass is 469 g/mol. The van der Waals surface area contributed by atoms with Crippen molar-refractivity contribution in [3.63, 3.8) is 0 Å². The molecule has 2 N–H and O–H groups in total. The molecule has 142 valence electrons. The van der Waals surface area contributed by atoms with Crippen molar-refractivity contribution in [3.8, 4) is 0 Å². The van der Waals surface area contributed by atoms with E-state index < -0.39 is 0 Å². The Kier molecular flexibility index (Phi) is 7.31. The molecule has 1 aliphatic heterocycles. The fourth-order valence-electron chi connectivity index (χ4n) is 3.95. The molecule has 5 nitrogen and oxygen atoms in total. The van der Waals surface area contributed by atoms with Gasteiger partial charge in [0.1, 0.15) is 0 Å². The molecule has 26 heavy (non-hydrogen) atoms. The van der Waals surface area contributed by atoms with Crippen LogP contribution in [-0.2, 0) is 9.59 Å². The Hall–Kier alpha value is -1.15. The molecule has 1 saturated carbocycles. The van der Waals surface area contributed by atoms with Crippen LogP contribution in [0, 0.1) is 9.49 Å². The molecule has 1 atom stereocenters. The van der Waals surface area contributed by atoms with E-state index in [2.05, 4.69) is 38.1 Å². The summed E-state index contributed by atoms with van der Waals surface area (Å²) in [4.78, 5) is 27.0. The highest BCUT2D eigenvalue weighted by Crippen LogP contribution is 2.21. The number of nitrogens with zero attached hydrogens (tertiary/aromatic N) is 1. The predicted molar refractivity (Wildman–Crippen MR) is 112 cm³/mol. The highest BCUT2D eigenvalue weighted by molar-refractivity contribution is 14.1. The van der Waals surface area contributed by atoms with Crippen LogP contribution < -0.4 is 10.6 Å². The van der Waals surface area contributed by atoms with E-state index in [1.54, 1.807) is 0 Å². The Labute approximate surface area is 169 Å². The minimum atomic E-state index is -0.0136. The van der Waals surface area contributed by atoms with Crippen molar-refractivity contribution in [1.29, 1.82) is 0 Å². The van der Waals surface area contributed by atoms with E-state index in [9.17, 15) is 9.59 Å². The van der Waals surface area contributed by atoms with Crippen LogP contribution in [0.2, 0.25) is 0 Å². The maximum absolute atomic E-state index is 12.6. The number of piperidine rings is 1. The van der Waals surface area contributed by atoms with Crippen molar-refractivity contribution in [2.45, 2.75) is 51.0 Å². The lowest BCUT2D eigenvalue weighted by molar-refractivity contribution is -0.128. The topological polar surface area (TPSA) is 61.4 Å². The van der Waals surface area contributed by atoms with Gasteiger partial charge < -0.3 is 10.6 Å². The maximum Gasteiger partial charge on any atom is 0.238 e. The van der Waals surface area contributed by atoms with Crippen LogP contribution in [0.4, 0.5) is 5.69 Å². The van der Waals surface area contributed by atoms with E-state index in [0.717, 1.165) is 41.5 Å². The van der Waals surface area contributed by atoms with Crippen LogP contribution in [0.1, 0.15) is 44.9 Å². The second-order valence-electron chi connectivity index (χ2n) is 7.48. The Balaban J connectivity index is 1.46. The van der Waals surface area contributed by atoms with Crippen LogP contribution in [-0.4, -0.2) is 42.4 Å². The molecule has 6 heteroatoms. The van der Waals surface area contributed by atoms with Crippen molar-refractivity contribution in [2.75, 3.05) is 25.0 Å². The number of rotatable bonds is 5. The third-order valence-electron chi connectivity index (χ3n) is 5.30. The summed E-state index contributed by atoms with van der Waals surface area (Å²) in [6, 6.07) is 8.14. The smallest absolute Gasteiger partial charge is 0.238 e. The fourth-order valence-corrected chi connectivity index (χ4v) is 4.49. The first-order valence-electron chi connectivity index (χ1n) is 9.68. The minimum Gasteiger partial charge on any atom is -0.353 e. The van der Waals surface area contributed by atoms with Gasteiger partial charge in [-0.15, -0.1) is 0 Å². The van der Waals surface area contributed by atoms with Crippen molar-refractivity contribution >= 4 is 40.1 Å². The lowest BCUT2D eigenvalue weighted by Crippen LogP contribution is -2.47. The number of hydrogen-bond acceptors (Lipinski definition) is 3. The zero-order chi connectivity index (χ0) is 18.4. The van der Waals surface area contributed by atoms with Gasteiger partial charge in [-0.05, 0) is 73.0 Å². The molecule has 0 bridgehead atoms. The molecule has 1 unspecified atom stereocenters. The summed E-state index contributed by atoms with van der Waals surface area (Å²) in [6.45, 7) is 1.91. The molecule has 3 rings (SSSR count). The third-order valence-corrected chi connectivity index (χ3v) is 5.97. The van der Waals surface area contributed by atoms with Gasteiger partial charge in [-0.25, -0.2) is 0 Å². The van der Waals surface area contributed by atoms with Gasteiger partial charge in [0.2, 0.25) is 11.8 Å². The summed E-state index contributed by atoms with van der Waals surface area (Å²) in [5, 5.41) is 6.20. The van der Waals surface area contributed by atoms with Gasteiger partial charge in [0.05, 0.1) is 12.5 Å². The summed E-state index contributed by atoms with van der Waals surface area (Å²) < 4.78 is 1.10. The van der Waals surface area contributed by atoms with Gasteiger partial charge in [-0.2, -0.15) is 0 Å². The predicted octanol–water partition coefficient (Wildman–Crippen LogP) is 3.39. The summed E-state index contributed by atoms with van der Waals surface area (Å²) in [5.41, 5.74) is 0.825. The average Bonchev–Trinajstić information content (AvgIpc) is 2.62. The second-order valence-corrected chi connectivity index (χ2v) is 8.72. The normalized spacial score (nSPS) is 22.0. The van der Waals surface area contributed by atoms with Gasteiger partial charge in [0, 0.05) is 21.8 Å². The van der Waals surface area contributed by atoms with Crippen LogP contribution in [0.15, 0.2) is 24.3 Å². The van der Waals surface area contributed by atoms with Gasteiger partial charge in [-0.3, -0.25) is 14.5 Å². The molecule has 0 aromatic heterocycles. The Morgan fingerprint density at radius 3 is 2.69 bits per heavy atom. The SMILES string of the molecule is O=C(CN1CCCC(C(=O)NC2CCCCC2)C1)Nc1cccc(I)c1. The van der Waals surface area contributed by atoms with Crippen molar-refractivity contribution in [3.05, 3.63) is 27.8 Å². The molecule has 2 aliphatic rings. The fraction of sp³-hybridized carbons (Fsp3) is 0.600. The molecule has 0 spiro atoms. The number of benzene rings is 1. The molecular formula is C20H28IN3O2. The first-order valence-corrected chi connectivity index (χ1v) is 10.8. The number of halogens is 1. The molecule has 1 heterocycles. The number of carbonyl (C=O) groups excluding carboxylic acids is 2. The largest absolute Gasteiger partial charge is 0.353 e. The van der Waals surface area contributed by atoms with E-state index in [1.165, 1.54) is 19.3 Å². The molecule has 0 radical (unpaired) electrons. The number of likely N-dealkylation sites (tertiary alicyclic amines) is 1. The van der Waals surface area contributed by atoms with Crippen LogP contribution in [0.5, 0.6) is 0 Å². The molecule has 1 aromatic rings. The van der Waals surface area contributed by atoms with Gasteiger partial charge in [0.25, 0.3) is 0 Å². The molecule has 2 amide bonds. The van der Waals surface area contributed by atoms with Gasteiger partial charge >= 0.3 is 0 Å². The van der Waals surface area contributed by atoms with Crippen molar-refractivity contribution in [2.24, 2.45) is 5.92 Å². The summed E-state index contributed by atoms with van der Waals surface area (Å²) >= 11 is 2.23. The van der Waals surface area contributed by atoms with Crippen LogP contribution in [0.3, 0.4) is 0 Å². The Bertz CT molecular complexity index is 631. The number of anilines is 1. The van der Waals surface area contributed by atoms with Crippen molar-refractivity contribution < 1.29 is 9.59 Å². The first kappa shape index (κ1) is 19.6. The Morgan fingerprint density at radius 2 is 1.92 bits per heavy atom. The third kappa shape index (κ3) is 5.94. The van der Waals surface area contributed by atoms with E-state index in [4.69, 9.17) is 0 Å². The zero-order valence-corrected chi connectivity index (χ0v) is 17.3. The van der Waals surface area contributed by atoms with Crippen LogP contribution >= 0.6 is 22.6 Å². The summed E-state index contributed by atoms with van der Waals surface area (Å²) in [5.74, 6) is 0.177. The highest BCUT2D eigenvalue weighted by atomic mass is 127. The van der Waals surface area contributed by atoms with Crippen molar-refractivity contribution in [1.82, 2.24) is 10.2 Å². The number of amides is 2. The molecular weight excluding hydrogens is 441 g/mol. The van der Waals surface area contributed by atoms with Gasteiger partial charge in [-0.1, -0.05) is 25.3 Å². The van der Waals surface area contributed by atoms with Gasteiger partial charge in [0.15, 0.2) is 0 Å². The number of nitrogens with one attached hydrogen (secondary N) is 2. The number of carbonyl (C=O) groups is 2. The second kappa shape index (κ2) is 9.69. The lowest BCUT2D eigenvalue weighted by atomic mass is 9.93. The standard InChI is InChI=1S/C20H28IN3O2/c21-16-7-4-10-18(12-16)22-19(25)14-24-11-5-6-15(13-24)20(26)23-17-8-2-1-3-9-17/h4,7,10,12,15,17H,1-3,5-6,8-9,11,13-14H2,(H,22,25)(H,23,26). The maximum atomic E-state index is 12.6.